The summed E-state index contributed by atoms with van der Waals surface area (Å²) < 4.78 is 10.5. The quantitative estimate of drug-likeness (QED) is 0.212. The Bertz CT molecular complexity index is 1590. The van der Waals surface area contributed by atoms with Crippen molar-refractivity contribution in [2.75, 3.05) is 17.3 Å². The van der Waals surface area contributed by atoms with E-state index >= 15 is 0 Å². The standard InChI is InChI=1S/C28H23N5O4S/c1-36-28(35)32-27-30-24-15-14-23(17-25(24)31-27)38-22-12-10-18(11-13-22)33(26(29)34)19-6-5-9-21(16-19)37-20-7-3-2-4-8-20/h2-17H,1H3,(H2,29,34)(H2,30,31,32,35). The number of H-pyrrole nitrogens is 1. The Kier molecular flexibility index (Phi) is 7.14. The third-order valence-electron chi connectivity index (χ3n) is 5.47. The van der Waals surface area contributed by atoms with Crippen molar-refractivity contribution >= 4 is 52.2 Å². The maximum Gasteiger partial charge on any atom is 0.413 e. The fourth-order valence-electron chi connectivity index (χ4n) is 3.77. The van der Waals surface area contributed by atoms with E-state index in [4.69, 9.17) is 10.5 Å². The lowest BCUT2D eigenvalue weighted by Gasteiger charge is -2.21. The average molecular weight is 526 g/mol. The number of primary amides is 1. The highest BCUT2D eigenvalue weighted by atomic mass is 32.2. The number of ether oxygens (including phenoxy) is 2. The first kappa shape index (κ1) is 24.7. The minimum atomic E-state index is -0.609. The summed E-state index contributed by atoms with van der Waals surface area (Å²) in [7, 11) is 1.29. The molecule has 0 aliphatic carbocycles. The highest BCUT2D eigenvalue weighted by Crippen LogP contribution is 2.34. The number of para-hydroxylation sites is 1. The molecular formula is C28H23N5O4S. The summed E-state index contributed by atoms with van der Waals surface area (Å²) in [6.45, 7) is 0. The number of nitrogens with one attached hydrogen (secondary N) is 2. The first-order chi connectivity index (χ1) is 18.5. The maximum absolute atomic E-state index is 12.4. The number of nitrogens with zero attached hydrogens (tertiary/aromatic N) is 2. The number of carbonyl (C=O) groups excluding carboxylic acids is 2. The zero-order chi connectivity index (χ0) is 26.5. The number of aromatic nitrogens is 2. The molecule has 0 saturated carbocycles. The Balaban J connectivity index is 1.33. The van der Waals surface area contributed by atoms with Gasteiger partial charge in [0.25, 0.3) is 0 Å². The van der Waals surface area contributed by atoms with Crippen LogP contribution in [-0.2, 0) is 4.74 Å². The van der Waals surface area contributed by atoms with Crippen molar-refractivity contribution in [3.8, 4) is 11.5 Å². The van der Waals surface area contributed by atoms with Crippen molar-refractivity contribution in [1.82, 2.24) is 9.97 Å². The molecule has 0 saturated heterocycles. The molecule has 0 radical (unpaired) electrons. The van der Waals surface area contributed by atoms with Gasteiger partial charge in [-0.25, -0.2) is 14.6 Å². The number of methoxy groups -OCH3 is 1. The van der Waals surface area contributed by atoms with Crippen LogP contribution in [0, 0.1) is 0 Å². The van der Waals surface area contributed by atoms with Crippen LogP contribution < -0.4 is 20.7 Å². The molecule has 0 fully saturated rings. The number of hydrogen-bond donors (Lipinski definition) is 3. The topological polar surface area (TPSA) is 123 Å². The van der Waals surface area contributed by atoms with E-state index < -0.39 is 12.1 Å². The van der Waals surface area contributed by atoms with Crippen molar-refractivity contribution in [2.45, 2.75) is 9.79 Å². The van der Waals surface area contributed by atoms with Crippen LogP contribution in [0.2, 0.25) is 0 Å². The predicted octanol–water partition coefficient (Wildman–Crippen LogP) is 6.90. The smallest absolute Gasteiger partial charge is 0.413 e. The Morgan fingerprint density at radius 3 is 2.34 bits per heavy atom. The van der Waals surface area contributed by atoms with Crippen molar-refractivity contribution < 1.29 is 19.1 Å². The van der Waals surface area contributed by atoms with E-state index in [9.17, 15) is 9.59 Å². The molecule has 0 spiro atoms. The molecule has 1 aromatic heterocycles. The van der Waals surface area contributed by atoms with Gasteiger partial charge in [0.05, 0.1) is 29.5 Å². The minimum absolute atomic E-state index is 0.308. The van der Waals surface area contributed by atoms with E-state index in [0.29, 0.717) is 34.3 Å². The van der Waals surface area contributed by atoms with Gasteiger partial charge in [-0.15, -0.1) is 0 Å². The van der Waals surface area contributed by atoms with Crippen LogP contribution in [0.5, 0.6) is 11.5 Å². The molecule has 4 aromatic carbocycles. The summed E-state index contributed by atoms with van der Waals surface area (Å²) in [4.78, 5) is 34.6. The van der Waals surface area contributed by atoms with E-state index in [1.807, 2.05) is 84.9 Å². The van der Waals surface area contributed by atoms with Crippen LogP contribution in [0.15, 0.2) is 107 Å². The molecule has 10 heteroatoms. The lowest BCUT2D eigenvalue weighted by atomic mass is 10.2. The first-order valence-electron chi connectivity index (χ1n) is 11.5. The summed E-state index contributed by atoms with van der Waals surface area (Å²) >= 11 is 1.54. The molecule has 9 nitrogen and oxygen atoms in total. The van der Waals surface area contributed by atoms with Gasteiger partial charge in [-0.1, -0.05) is 36.0 Å². The monoisotopic (exact) mass is 525 g/mol. The van der Waals surface area contributed by atoms with Gasteiger partial charge in [0.1, 0.15) is 11.5 Å². The second-order valence-electron chi connectivity index (χ2n) is 8.06. The first-order valence-corrected chi connectivity index (χ1v) is 12.4. The van der Waals surface area contributed by atoms with Gasteiger partial charge in [0.2, 0.25) is 5.95 Å². The lowest BCUT2D eigenvalue weighted by molar-refractivity contribution is 0.186. The number of nitrogens with two attached hydrogens (primary N) is 1. The van der Waals surface area contributed by atoms with E-state index in [-0.39, 0.29) is 0 Å². The summed E-state index contributed by atoms with van der Waals surface area (Å²) in [5.41, 5.74) is 8.46. The zero-order valence-corrected chi connectivity index (χ0v) is 21.1. The zero-order valence-electron chi connectivity index (χ0n) is 20.3. The van der Waals surface area contributed by atoms with Gasteiger partial charge in [-0.05, 0) is 66.7 Å². The molecule has 4 N–H and O–H groups in total. The molecule has 0 aliphatic rings. The van der Waals surface area contributed by atoms with Crippen molar-refractivity contribution in [2.24, 2.45) is 5.73 Å². The number of anilines is 3. The normalized spacial score (nSPS) is 10.7. The summed E-state index contributed by atoms with van der Waals surface area (Å²) in [6, 6.07) is 29.3. The van der Waals surface area contributed by atoms with Gasteiger partial charge in [0, 0.05) is 15.9 Å². The third-order valence-corrected chi connectivity index (χ3v) is 6.46. The highest BCUT2D eigenvalue weighted by Gasteiger charge is 2.16. The molecule has 0 aliphatic heterocycles. The van der Waals surface area contributed by atoms with Crippen LogP contribution in [-0.4, -0.2) is 29.2 Å². The van der Waals surface area contributed by atoms with Crippen molar-refractivity contribution in [1.29, 1.82) is 0 Å². The second kappa shape index (κ2) is 11.0. The van der Waals surface area contributed by atoms with Gasteiger partial charge in [-0.3, -0.25) is 10.2 Å². The summed E-state index contributed by atoms with van der Waals surface area (Å²) in [6.07, 6.45) is -0.598. The lowest BCUT2D eigenvalue weighted by Crippen LogP contribution is -2.31. The summed E-state index contributed by atoms with van der Waals surface area (Å²) in [5.74, 6) is 1.59. The van der Waals surface area contributed by atoms with E-state index in [1.165, 1.54) is 23.8 Å². The van der Waals surface area contributed by atoms with Crippen LogP contribution >= 0.6 is 11.8 Å². The van der Waals surface area contributed by atoms with Gasteiger partial charge in [0.15, 0.2) is 0 Å². The predicted molar refractivity (Wildman–Crippen MR) is 147 cm³/mol. The molecule has 0 atom stereocenters. The Morgan fingerprint density at radius 1 is 0.868 bits per heavy atom. The van der Waals surface area contributed by atoms with Gasteiger partial charge >= 0.3 is 12.1 Å². The molecule has 5 rings (SSSR count). The number of imidazole rings is 1. The number of amides is 3. The number of benzene rings is 4. The second-order valence-corrected chi connectivity index (χ2v) is 9.21. The fourth-order valence-corrected chi connectivity index (χ4v) is 4.62. The molecular weight excluding hydrogens is 502 g/mol. The minimum Gasteiger partial charge on any atom is -0.457 e. The number of rotatable bonds is 7. The average Bonchev–Trinajstić information content (AvgIpc) is 3.32. The Labute approximate surface area is 222 Å². The molecule has 1 heterocycles. The number of aromatic amines is 1. The van der Waals surface area contributed by atoms with E-state index in [0.717, 1.165) is 15.3 Å². The Hall–Kier alpha value is -4.96. The van der Waals surface area contributed by atoms with E-state index in [2.05, 4.69) is 20.0 Å². The number of fused-ring (bicyclic) bond motifs is 1. The molecule has 38 heavy (non-hydrogen) atoms. The largest absolute Gasteiger partial charge is 0.457 e. The van der Waals surface area contributed by atoms with Gasteiger partial charge < -0.3 is 20.2 Å². The number of carbonyl (C=O) groups is 2. The SMILES string of the molecule is COC(=O)Nc1nc2cc(Sc3ccc(N(C(N)=O)c4cccc(Oc5ccccc5)c4)cc3)ccc2[nH]1. The van der Waals surface area contributed by atoms with Gasteiger partial charge in [-0.2, -0.15) is 0 Å². The van der Waals surface area contributed by atoms with Crippen molar-refractivity contribution in [3.05, 3.63) is 97.1 Å². The van der Waals surface area contributed by atoms with Crippen LogP contribution in [0.1, 0.15) is 0 Å². The molecule has 0 bridgehead atoms. The Morgan fingerprint density at radius 2 is 1.61 bits per heavy atom. The maximum atomic E-state index is 12.4. The number of hydrogen-bond acceptors (Lipinski definition) is 6. The fraction of sp³-hybridized carbons (Fsp3) is 0.0357. The summed E-state index contributed by atoms with van der Waals surface area (Å²) in [5, 5.41) is 2.52. The molecule has 3 amide bonds. The molecule has 0 unspecified atom stereocenters. The molecule has 5 aromatic rings. The van der Waals surface area contributed by atoms with Crippen molar-refractivity contribution in [3.63, 3.8) is 0 Å². The molecule has 190 valence electrons. The van der Waals surface area contributed by atoms with Crippen LogP contribution in [0.25, 0.3) is 11.0 Å². The highest BCUT2D eigenvalue weighted by molar-refractivity contribution is 7.99. The van der Waals surface area contributed by atoms with Crippen LogP contribution in [0.4, 0.5) is 26.9 Å². The van der Waals surface area contributed by atoms with Crippen LogP contribution in [0.3, 0.4) is 0 Å². The number of urea groups is 1. The third kappa shape index (κ3) is 5.71. The van der Waals surface area contributed by atoms with E-state index in [1.54, 1.807) is 12.1 Å².